The van der Waals surface area contributed by atoms with E-state index in [1.54, 1.807) is 12.1 Å². The number of nitrogens with zero attached hydrogens (tertiary/aromatic N) is 2. The molecule has 1 amide bonds. The molecule has 9 heteroatoms. The van der Waals surface area contributed by atoms with Gasteiger partial charge in [-0.15, -0.1) is 0 Å². The number of hydrogen-bond donors (Lipinski definition) is 1. The quantitative estimate of drug-likeness (QED) is 0.693. The lowest BCUT2D eigenvalue weighted by Gasteiger charge is -2.29. The molecule has 30 heavy (non-hydrogen) atoms. The molecule has 0 aromatic heterocycles. The van der Waals surface area contributed by atoms with Gasteiger partial charge in [-0.05, 0) is 61.7 Å². The van der Waals surface area contributed by atoms with Crippen LogP contribution in [0.1, 0.15) is 19.3 Å². The maximum Gasteiger partial charge on any atom is 0.245 e. The highest BCUT2D eigenvalue weighted by Gasteiger charge is 2.24. The summed E-state index contributed by atoms with van der Waals surface area (Å²) in [7, 11) is -2.32. The minimum Gasteiger partial charge on any atom is -0.495 e. The van der Waals surface area contributed by atoms with E-state index in [9.17, 15) is 13.2 Å². The zero-order valence-electron chi connectivity index (χ0n) is 17.1. The van der Waals surface area contributed by atoms with Crippen molar-refractivity contribution in [3.63, 3.8) is 0 Å². The van der Waals surface area contributed by atoms with Crippen LogP contribution in [-0.4, -0.2) is 47.3 Å². The van der Waals surface area contributed by atoms with Gasteiger partial charge in [0.05, 0.1) is 19.1 Å². The van der Waals surface area contributed by atoms with Crippen LogP contribution >= 0.6 is 11.6 Å². The predicted octanol–water partition coefficient (Wildman–Crippen LogP) is 3.74. The first-order chi connectivity index (χ1) is 14.3. The zero-order valence-corrected chi connectivity index (χ0v) is 18.7. The maximum absolute atomic E-state index is 12.6. The van der Waals surface area contributed by atoms with Crippen LogP contribution in [0.5, 0.6) is 5.75 Å². The molecule has 0 unspecified atom stereocenters. The Morgan fingerprint density at radius 2 is 1.80 bits per heavy atom. The minimum absolute atomic E-state index is 0.211. The molecule has 3 rings (SSSR count). The van der Waals surface area contributed by atoms with Gasteiger partial charge in [-0.25, -0.2) is 8.42 Å². The third-order valence-electron chi connectivity index (χ3n) is 4.97. The van der Waals surface area contributed by atoms with Gasteiger partial charge in [-0.2, -0.15) is 0 Å². The van der Waals surface area contributed by atoms with Crippen LogP contribution in [0.2, 0.25) is 5.02 Å². The van der Waals surface area contributed by atoms with Crippen molar-refractivity contribution in [2.24, 2.45) is 0 Å². The second kappa shape index (κ2) is 9.57. The van der Waals surface area contributed by atoms with Crippen molar-refractivity contribution in [1.29, 1.82) is 0 Å². The lowest BCUT2D eigenvalue weighted by molar-refractivity contribution is -0.114. The summed E-state index contributed by atoms with van der Waals surface area (Å²) in [6.45, 7) is 1.68. The molecule has 1 fully saturated rings. The van der Waals surface area contributed by atoms with E-state index < -0.39 is 22.5 Å². The van der Waals surface area contributed by atoms with Crippen LogP contribution in [0, 0.1) is 0 Å². The fourth-order valence-electron chi connectivity index (χ4n) is 3.48. The maximum atomic E-state index is 12.6. The molecule has 0 saturated carbocycles. The molecule has 0 radical (unpaired) electrons. The normalized spacial score (nSPS) is 14.3. The van der Waals surface area contributed by atoms with E-state index in [2.05, 4.69) is 10.2 Å². The summed E-state index contributed by atoms with van der Waals surface area (Å²) in [6.07, 6.45) is 4.67. The Kier molecular flexibility index (Phi) is 7.10. The van der Waals surface area contributed by atoms with Crippen LogP contribution in [0.4, 0.5) is 17.1 Å². The number of anilines is 3. The highest BCUT2D eigenvalue weighted by atomic mass is 35.5. The second-order valence-corrected chi connectivity index (χ2v) is 9.57. The fourth-order valence-corrected chi connectivity index (χ4v) is 4.50. The van der Waals surface area contributed by atoms with Crippen LogP contribution in [-0.2, 0) is 14.8 Å². The van der Waals surface area contributed by atoms with E-state index in [4.69, 9.17) is 16.3 Å². The predicted molar refractivity (Wildman–Crippen MR) is 121 cm³/mol. The van der Waals surface area contributed by atoms with Gasteiger partial charge in [0.25, 0.3) is 0 Å². The molecule has 7 nitrogen and oxygen atoms in total. The summed E-state index contributed by atoms with van der Waals surface area (Å²) in [5.41, 5.74) is 1.93. The number of benzene rings is 2. The first-order valence-electron chi connectivity index (χ1n) is 9.74. The summed E-state index contributed by atoms with van der Waals surface area (Å²) < 4.78 is 30.9. The van der Waals surface area contributed by atoms with Gasteiger partial charge in [0.1, 0.15) is 12.3 Å². The monoisotopic (exact) mass is 451 g/mol. The Morgan fingerprint density at radius 1 is 1.13 bits per heavy atom. The van der Waals surface area contributed by atoms with Crippen molar-refractivity contribution in [3.8, 4) is 5.75 Å². The van der Waals surface area contributed by atoms with E-state index in [1.165, 1.54) is 32.4 Å². The molecule has 0 aliphatic carbocycles. The number of rotatable bonds is 7. The number of hydrogen-bond acceptors (Lipinski definition) is 5. The Hall–Kier alpha value is -2.45. The molecule has 162 valence electrons. The molecular weight excluding hydrogens is 426 g/mol. The van der Waals surface area contributed by atoms with E-state index in [0.29, 0.717) is 16.5 Å². The van der Waals surface area contributed by atoms with Gasteiger partial charge in [0.15, 0.2) is 0 Å². The lowest BCUT2D eigenvalue weighted by Crippen LogP contribution is -2.37. The highest BCUT2D eigenvalue weighted by Crippen LogP contribution is 2.32. The SMILES string of the molecule is COc1ccc(Cl)cc1N(CC(=O)Nc1ccc(N2CCCCC2)cc1)S(C)(=O)=O. The summed E-state index contributed by atoms with van der Waals surface area (Å²) in [5.74, 6) is -0.156. The highest BCUT2D eigenvalue weighted by molar-refractivity contribution is 7.92. The number of carbonyl (C=O) groups is 1. The molecule has 1 aliphatic rings. The van der Waals surface area contributed by atoms with Crippen molar-refractivity contribution >= 4 is 44.6 Å². The molecule has 1 aliphatic heterocycles. The van der Waals surface area contributed by atoms with Crippen LogP contribution < -0.4 is 19.3 Å². The lowest BCUT2D eigenvalue weighted by atomic mass is 10.1. The molecule has 0 bridgehead atoms. The summed E-state index contributed by atoms with van der Waals surface area (Å²) in [6, 6.07) is 12.2. The molecule has 0 atom stereocenters. The van der Waals surface area contributed by atoms with Gasteiger partial charge in [-0.3, -0.25) is 9.10 Å². The van der Waals surface area contributed by atoms with Crippen molar-refractivity contribution < 1.29 is 17.9 Å². The smallest absolute Gasteiger partial charge is 0.245 e. The van der Waals surface area contributed by atoms with Crippen molar-refractivity contribution in [2.45, 2.75) is 19.3 Å². The molecule has 0 spiro atoms. The molecule has 2 aromatic carbocycles. The van der Waals surface area contributed by atoms with Gasteiger partial charge in [-0.1, -0.05) is 11.6 Å². The minimum atomic E-state index is -3.75. The largest absolute Gasteiger partial charge is 0.495 e. The van der Waals surface area contributed by atoms with E-state index in [0.717, 1.165) is 29.3 Å². The zero-order chi connectivity index (χ0) is 21.7. The van der Waals surface area contributed by atoms with Crippen LogP contribution in [0.15, 0.2) is 42.5 Å². The number of ether oxygens (including phenoxy) is 1. The first-order valence-corrected chi connectivity index (χ1v) is 12.0. The Morgan fingerprint density at radius 3 is 2.40 bits per heavy atom. The van der Waals surface area contributed by atoms with Gasteiger partial charge in [0, 0.05) is 29.5 Å². The Bertz CT molecular complexity index is 990. The number of carbonyl (C=O) groups excluding carboxylic acids is 1. The number of halogens is 1. The topological polar surface area (TPSA) is 79.0 Å². The van der Waals surface area contributed by atoms with Crippen LogP contribution in [0.25, 0.3) is 0 Å². The fraction of sp³-hybridized carbons (Fsp3) is 0.381. The summed E-state index contributed by atoms with van der Waals surface area (Å²) in [5, 5.41) is 3.10. The summed E-state index contributed by atoms with van der Waals surface area (Å²) in [4.78, 5) is 14.9. The third kappa shape index (κ3) is 5.58. The Balaban J connectivity index is 1.73. The molecule has 1 heterocycles. The summed E-state index contributed by atoms with van der Waals surface area (Å²) >= 11 is 6.03. The number of nitrogens with one attached hydrogen (secondary N) is 1. The third-order valence-corrected chi connectivity index (χ3v) is 6.33. The number of methoxy groups -OCH3 is 1. The van der Waals surface area contributed by atoms with Gasteiger partial charge >= 0.3 is 0 Å². The van der Waals surface area contributed by atoms with E-state index >= 15 is 0 Å². The first kappa shape index (κ1) is 22.2. The average molecular weight is 452 g/mol. The molecule has 1 saturated heterocycles. The number of amides is 1. The number of piperidine rings is 1. The molecular formula is C21H26ClN3O4S. The van der Waals surface area contributed by atoms with Crippen molar-refractivity contribution in [1.82, 2.24) is 0 Å². The van der Waals surface area contributed by atoms with Gasteiger partial charge in [0.2, 0.25) is 15.9 Å². The Labute approximate surface area is 182 Å². The van der Waals surface area contributed by atoms with E-state index in [-0.39, 0.29) is 5.69 Å². The average Bonchev–Trinajstić information content (AvgIpc) is 2.72. The van der Waals surface area contributed by atoms with Crippen LogP contribution in [0.3, 0.4) is 0 Å². The van der Waals surface area contributed by atoms with E-state index in [1.807, 2.05) is 24.3 Å². The molecule has 2 aromatic rings. The van der Waals surface area contributed by atoms with Crippen molar-refractivity contribution in [3.05, 3.63) is 47.5 Å². The van der Waals surface area contributed by atoms with Gasteiger partial charge < -0.3 is 15.0 Å². The number of sulfonamides is 1. The standard InChI is InChI=1S/C21H26ClN3O4S/c1-29-20-11-6-16(22)14-19(20)25(30(2,27)28)15-21(26)23-17-7-9-18(10-8-17)24-12-4-3-5-13-24/h6-11,14H,3-5,12-13,15H2,1-2H3,(H,23,26). The molecule has 1 N–H and O–H groups in total. The van der Waals surface area contributed by atoms with Crippen molar-refractivity contribution in [2.75, 3.05) is 47.5 Å². The second-order valence-electron chi connectivity index (χ2n) is 7.23.